The zero-order chi connectivity index (χ0) is 107. The van der Waals surface area contributed by atoms with Crippen molar-refractivity contribution in [3.8, 4) is 84.0 Å². The summed E-state index contributed by atoms with van der Waals surface area (Å²) in [5, 5.41) is 32.0. The lowest BCUT2D eigenvalue weighted by molar-refractivity contribution is 0.0531. The fourth-order valence-corrected chi connectivity index (χ4v) is 25.3. The Kier molecular flexibility index (Phi) is 40.2. The minimum Gasteiger partial charge on any atom is -0.497 e. The van der Waals surface area contributed by atoms with Crippen molar-refractivity contribution in [3.63, 3.8) is 0 Å². The van der Waals surface area contributed by atoms with Crippen LogP contribution in [0.1, 0.15) is 77.8 Å². The molecule has 12 heterocycles. The van der Waals surface area contributed by atoms with Crippen LogP contribution in [0.15, 0.2) is 127 Å². The van der Waals surface area contributed by atoms with Gasteiger partial charge in [0.2, 0.25) is 34.1 Å². The second-order valence-corrected chi connectivity index (χ2v) is 41.6. The van der Waals surface area contributed by atoms with Crippen LogP contribution < -0.4 is 60.0 Å². The standard InChI is InChI=1S/C19H17Cl2N3O2S.C18H16Cl2N2O3S.C18H19N3O4S.C17H15Cl2N3O2S.C17H16N2O4S.C16H14N2O3S/c1-22-16-15(13-5-2-11(20)10-14(13)21)17(18(25)23-12-3-4-12)27-19(16)24-6-8-26-9-7-24;1-3-25-18(23)16-14(12-5-4-11(19)10-13(12)20)15(21-2)17(26-16)22-6-8-24-9-7-22;1-20-15-14(11-4-5-12(23-2)13(10-11)24-3)16(17(19)22)26-18(15)21-6-8-25-9-7-21;1-20-14-13(11-4-3-10(18)9-12(11)19)15(16(23)21-2)25-17(14)22-5-7-24-8-6-22;1-18-14-13(11-3-5-12(22-2)6-4-11)15(17(20)21)24-16(14)19-7-9-23-10-8-19;1-17-13-12(11-5-3-2-4-6-11)14(16(19)20)22-15(13)18-7-9-21-10-8-18/h2,5,10,12H,3-4,6-9H2,(H,23,25);4-5,10H,3,6-9H2,1H3;4-5,10H,6-9H2,2-3H3,(H2,19,22);3-4,9H,5-8H2,2H3,(H,21,23);3-6H,7-10H2,2H3,(H,20,21);2-6H,7-10H2,(H,19,20). The third-order valence-corrected chi connectivity index (χ3v) is 33.0. The predicted molar refractivity (Wildman–Crippen MR) is 596 cm³/mol. The van der Waals surface area contributed by atoms with Crippen LogP contribution in [0.2, 0.25) is 30.1 Å². The number of rotatable bonds is 23. The number of nitrogens with zero attached hydrogens (tertiary/aromatic N) is 12. The van der Waals surface area contributed by atoms with Gasteiger partial charge in [0.15, 0.2) is 11.5 Å². The van der Waals surface area contributed by atoms with Crippen molar-refractivity contribution >= 4 is 237 Å². The number of hydrogen-bond acceptors (Lipinski definition) is 28. The zero-order valence-electron chi connectivity index (χ0n) is 81.4. The third-order valence-electron chi connectivity index (χ3n) is 24.0. The second-order valence-electron chi connectivity index (χ2n) is 33.1. The molecule has 3 amide bonds. The molecule has 0 spiro atoms. The van der Waals surface area contributed by atoms with E-state index in [-0.39, 0.29) is 34.2 Å². The molecular formula is C105H97Cl6N15O18S6. The molecular weight excluding hydrogens is 2160 g/mol. The van der Waals surface area contributed by atoms with Gasteiger partial charge in [-0.25, -0.2) is 43.5 Å². The number of carboxylic acids is 2. The molecule has 1 aliphatic carbocycles. The number of aromatic carboxylic acids is 2. The second kappa shape index (κ2) is 53.6. The number of nitrogens with two attached hydrogens (primary N) is 1. The van der Waals surface area contributed by atoms with Crippen LogP contribution in [0.5, 0.6) is 17.2 Å². The summed E-state index contributed by atoms with van der Waals surface area (Å²) in [7, 11) is 6.24. The third kappa shape index (κ3) is 26.4. The van der Waals surface area contributed by atoms with Gasteiger partial charge in [0.25, 0.3) is 17.7 Å². The number of esters is 1. The quantitative estimate of drug-likeness (QED) is 0.0293. The van der Waals surface area contributed by atoms with Crippen LogP contribution in [-0.2, 0) is 33.2 Å². The van der Waals surface area contributed by atoms with Gasteiger partial charge >= 0.3 is 17.9 Å². The highest BCUT2D eigenvalue weighted by atomic mass is 35.5. The molecule has 1 saturated carbocycles. The number of thiophene rings is 6. The summed E-state index contributed by atoms with van der Waals surface area (Å²) in [4.78, 5) is 110. The van der Waals surface area contributed by atoms with Gasteiger partial charge in [-0.15, -0.1) is 68.0 Å². The molecule has 7 aliphatic rings. The van der Waals surface area contributed by atoms with Crippen LogP contribution in [0.4, 0.5) is 64.1 Å². The van der Waals surface area contributed by atoms with E-state index >= 15 is 0 Å². The number of carbonyl (C=O) groups excluding carboxylic acids is 4. The number of morpholine rings is 6. The van der Waals surface area contributed by atoms with E-state index in [2.05, 4.69) is 59.3 Å². The highest BCUT2D eigenvalue weighted by molar-refractivity contribution is 7.21. The van der Waals surface area contributed by atoms with E-state index in [9.17, 15) is 39.0 Å². The molecule has 12 aromatic rings. The van der Waals surface area contributed by atoms with Gasteiger partial charge in [0.05, 0.1) is 191 Å². The molecule has 6 aromatic carbocycles. The van der Waals surface area contributed by atoms with Crippen molar-refractivity contribution in [2.24, 2.45) is 5.73 Å². The van der Waals surface area contributed by atoms with Crippen molar-refractivity contribution in [2.75, 3.05) is 222 Å². The van der Waals surface area contributed by atoms with E-state index in [1.54, 1.807) is 132 Å². The van der Waals surface area contributed by atoms with Crippen LogP contribution >= 0.6 is 138 Å². The van der Waals surface area contributed by atoms with Gasteiger partial charge < -0.3 is 103 Å². The molecule has 45 heteroatoms. The summed E-state index contributed by atoms with van der Waals surface area (Å²) >= 11 is 44.7. The van der Waals surface area contributed by atoms with Crippen molar-refractivity contribution in [1.82, 2.24) is 10.6 Å². The normalized spacial score (nSPS) is 14.7. The molecule has 6 saturated heterocycles. The molecule has 6 N–H and O–H groups in total. The minimum absolute atomic E-state index is 0.145. The number of ether oxygens (including phenoxy) is 10. The van der Waals surface area contributed by atoms with Gasteiger partial charge in [-0.2, -0.15) is 0 Å². The average molecular weight is 2260 g/mol. The summed E-state index contributed by atoms with van der Waals surface area (Å²) < 4.78 is 53.2. The number of methoxy groups -OCH3 is 3. The summed E-state index contributed by atoms with van der Waals surface area (Å²) in [5.41, 5.74) is 15.4. The van der Waals surface area contributed by atoms with E-state index in [1.165, 1.54) is 56.7 Å². The summed E-state index contributed by atoms with van der Waals surface area (Å²) in [6.07, 6.45) is 2.00. The van der Waals surface area contributed by atoms with Gasteiger partial charge in [0, 0.05) is 155 Å². The highest BCUT2D eigenvalue weighted by Crippen LogP contribution is 2.57. The van der Waals surface area contributed by atoms with Crippen LogP contribution in [0.3, 0.4) is 0 Å². The maximum Gasteiger partial charge on any atom is 0.347 e. The smallest absolute Gasteiger partial charge is 0.347 e. The Morgan fingerprint density at radius 1 is 0.373 bits per heavy atom. The van der Waals surface area contributed by atoms with E-state index in [0.717, 1.165) is 54.7 Å². The number of anilines is 6. The molecule has 19 rings (SSSR count). The van der Waals surface area contributed by atoms with E-state index in [4.69, 9.17) is 162 Å². The van der Waals surface area contributed by atoms with Crippen molar-refractivity contribution in [1.29, 1.82) is 0 Å². The Morgan fingerprint density at radius 3 is 0.973 bits per heavy atom. The lowest BCUT2D eigenvalue weighted by atomic mass is 10.0. The number of primary amides is 1. The molecule has 6 aliphatic heterocycles. The first kappa shape index (κ1) is 113. The molecule has 0 atom stereocenters. The van der Waals surface area contributed by atoms with Crippen LogP contribution in [0, 0.1) is 39.4 Å². The molecule has 150 heavy (non-hydrogen) atoms. The van der Waals surface area contributed by atoms with Crippen molar-refractivity contribution < 1.29 is 86.3 Å². The van der Waals surface area contributed by atoms with Crippen molar-refractivity contribution in [3.05, 3.63) is 255 Å². The number of nitrogens with one attached hydrogen (secondary N) is 2. The Bertz CT molecular complexity index is 7220. The van der Waals surface area contributed by atoms with E-state index in [1.807, 2.05) is 40.1 Å². The first-order chi connectivity index (χ1) is 72.7. The molecule has 0 unspecified atom stereocenters. The maximum atomic E-state index is 12.9. The average Bonchev–Trinajstić information content (AvgIpc) is 1.65. The lowest BCUT2D eigenvalue weighted by Gasteiger charge is -2.28. The summed E-state index contributed by atoms with van der Waals surface area (Å²) in [6.45, 7) is 63.2. The number of halogens is 6. The number of carbonyl (C=O) groups is 6. The first-order valence-electron chi connectivity index (χ1n) is 46.7. The number of amides is 3. The fourth-order valence-electron chi connectivity index (χ4n) is 16.7. The van der Waals surface area contributed by atoms with E-state index < -0.39 is 23.8 Å². The molecule has 0 radical (unpaired) electrons. The van der Waals surface area contributed by atoms with E-state index in [0.29, 0.717) is 325 Å². The monoisotopic (exact) mass is 2260 g/mol. The maximum absolute atomic E-state index is 12.9. The Balaban J connectivity index is 0.000000142. The number of carboxylic acid groups (broad SMARTS) is 2. The lowest BCUT2D eigenvalue weighted by Crippen LogP contribution is -2.35. The first-order valence-corrected chi connectivity index (χ1v) is 53.8. The Morgan fingerprint density at radius 2 is 0.673 bits per heavy atom. The minimum atomic E-state index is -1.02. The zero-order valence-corrected chi connectivity index (χ0v) is 90.8. The van der Waals surface area contributed by atoms with Crippen LogP contribution in [0.25, 0.3) is 95.8 Å². The SMILES string of the molecule is [C-]#[N+]c1c(N2CCOCC2)sc(C(=O)NC)c1-c1ccc(Cl)cc1Cl.[C-]#[N+]c1c(N2CCOCC2)sc(C(=O)NC2CC2)c1-c1ccc(Cl)cc1Cl.[C-]#[N+]c1c(N2CCOCC2)sc(C(=O)O)c1-c1ccc(OC)cc1.[C-]#[N+]c1c(N2CCOCC2)sc(C(=O)O)c1-c1ccccc1.[C-]#[N+]c1c(N2CCOCC2)sc(C(=O)OCC)c1-c1ccc(Cl)cc1Cl.[C-]#[N+]c1c(N2CCOCC2)sc(C(N)=O)c1-c1ccc(OC)c(OC)c1. The topological polar surface area (TPSA) is 331 Å². The number of benzene rings is 6. The molecule has 6 aromatic heterocycles. The molecule has 33 nitrogen and oxygen atoms in total. The Labute approximate surface area is 919 Å². The highest BCUT2D eigenvalue weighted by Gasteiger charge is 2.38. The predicted octanol–water partition coefficient (Wildman–Crippen LogP) is 24.7. The largest absolute Gasteiger partial charge is 0.497 e. The van der Waals surface area contributed by atoms with Crippen LogP contribution in [-0.4, -0.2) is 245 Å². The Hall–Kier alpha value is -13.0. The van der Waals surface area contributed by atoms with Gasteiger partial charge in [-0.1, -0.05) is 136 Å². The molecule has 778 valence electrons. The molecule has 7 fully saturated rings. The van der Waals surface area contributed by atoms with Gasteiger partial charge in [-0.3, -0.25) is 14.4 Å². The summed E-state index contributed by atoms with van der Waals surface area (Å²) in [6, 6.07) is 37.1. The van der Waals surface area contributed by atoms with Gasteiger partial charge in [0.1, 0.15) is 20.4 Å². The molecule has 0 bridgehead atoms. The van der Waals surface area contributed by atoms with Crippen molar-refractivity contribution in [2.45, 2.75) is 25.8 Å². The summed E-state index contributed by atoms with van der Waals surface area (Å²) in [5.74, 6) is -1.62. The number of hydrogen-bond donors (Lipinski definition) is 5. The van der Waals surface area contributed by atoms with Gasteiger partial charge in [-0.05, 0) is 114 Å². The fraction of sp³-hybridized carbons (Fsp3) is 0.314.